The van der Waals surface area contributed by atoms with E-state index >= 15 is 0 Å². The molecule has 8 nitrogen and oxygen atoms in total. The number of amides is 2. The molecule has 1 aromatic heterocycles. The largest absolute Gasteiger partial charge is 0.383 e. The van der Waals surface area contributed by atoms with Crippen LogP contribution < -0.4 is 5.73 Å². The van der Waals surface area contributed by atoms with Gasteiger partial charge in [0.1, 0.15) is 0 Å². The molecule has 0 bridgehead atoms. The van der Waals surface area contributed by atoms with E-state index in [1.54, 1.807) is 42.3 Å². The van der Waals surface area contributed by atoms with Crippen LogP contribution in [-0.4, -0.2) is 52.0 Å². The maximum absolute atomic E-state index is 12.3. The first-order chi connectivity index (χ1) is 11.1. The van der Waals surface area contributed by atoms with Gasteiger partial charge in [0.2, 0.25) is 0 Å². The lowest BCUT2D eigenvalue weighted by Crippen LogP contribution is -2.34. The smallest absolute Gasteiger partial charge is 0.261 e. The van der Waals surface area contributed by atoms with Crippen molar-refractivity contribution in [1.82, 2.24) is 19.9 Å². The summed E-state index contributed by atoms with van der Waals surface area (Å²) in [5, 5.41) is 7.80. The molecule has 120 valence electrons. The number of carbonyl (C=O) groups excluding carboxylic acids is 2. The minimum absolute atomic E-state index is 0.211. The quantitative estimate of drug-likeness (QED) is 0.765. The van der Waals surface area contributed by atoms with E-state index in [9.17, 15) is 9.59 Å². The Labute approximate surface area is 132 Å². The van der Waals surface area contributed by atoms with Crippen molar-refractivity contribution in [2.45, 2.75) is 12.6 Å². The van der Waals surface area contributed by atoms with Crippen LogP contribution in [0.25, 0.3) is 0 Å². The van der Waals surface area contributed by atoms with Gasteiger partial charge >= 0.3 is 0 Å². The number of imide groups is 1. The maximum Gasteiger partial charge on any atom is 0.261 e. The summed E-state index contributed by atoms with van der Waals surface area (Å²) < 4.78 is 6.61. The average Bonchev–Trinajstić information content (AvgIpc) is 3.11. The highest BCUT2D eigenvalue weighted by Crippen LogP contribution is 2.22. The lowest BCUT2D eigenvalue weighted by atomic mass is 10.1. The maximum atomic E-state index is 12.3. The second-order valence-corrected chi connectivity index (χ2v) is 5.25. The summed E-state index contributed by atoms with van der Waals surface area (Å²) in [7, 11) is 1.56. The highest BCUT2D eigenvalue weighted by Gasteiger charge is 2.34. The van der Waals surface area contributed by atoms with E-state index in [4.69, 9.17) is 10.5 Å². The van der Waals surface area contributed by atoms with Gasteiger partial charge in [-0.1, -0.05) is 17.3 Å². The molecule has 0 saturated carbocycles. The normalized spacial score (nSPS) is 15.1. The van der Waals surface area contributed by atoms with Crippen molar-refractivity contribution in [3.05, 3.63) is 47.3 Å². The van der Waals surface area contributed by atoms with Gasteiger partial charge in [-0.15, -0.1) is 5.10 Å². The molecule has 0 saturated heterocycles. The number of aromatic nitrogens is 3. The third-order valence-corrected chi connectivity index (χ3v) is 3.79. The van der Waals surface area contributed by atoms with E-state index in [1.165, 1.54) is 4.90 Å². The molecule has 2 heterocycles. The number of ether oxygens (including phenoxy) is 1. The Morgan fingerprint density at radius 2 is 1.83 bits per heavy atom. The summed E-state index contributed by atoms with van der Waals surface area (Å²) in [4.78, 5) is 25.8. The molecule has 1 aromatic carbocycles. The van der Waals surface area contributed by atoms with Gasteiger partial charge in [-0.25, -0.2) is 4.68 Å². The van der Waals surface area contributed by atoms with Gasteiger partial charge in [0.15, 0.2) is 0 Å². The SMILES string of the molecule is COC[C@@H](N)c1cnnn1CCN1C(=O)c2ccccc2C1=O. The molecule has 0 fully saturated rings. The van der Waals surface area contributed by atoms with E-state index in [0.29, 0.717) is 30.0 Å². The third kappa shape index (κ3) is 2.73. The van der Waals surface area contributed by atoms with Crippen LogP contribution in [0.1, 0.15) is 32.5 Å². The number of fused-ring (bicyclic) bond motifs is 1. The molecule has 23 heavy (non-hydrogen) atoms. The standard InChI is InChI=1S/C15H17N5O3/c1-23-9-12(16)13-8-17-18-20(13)7-6-19-14(21)10-4-2-3-5-11(10)15(19)22/h2-5,8,12H,6-7,9,16H2,1H3/t12-/m1/s1. The minimum Gasteiger partial charge on any atom is -0.383 e. The van der Waals surface area contributed by atoms with Crippen LogP contribution in [0.2, 0.25) is 0 Å². The van der Waals surface area contributed by atoms with Crippen LogP contribution >= 0.6 is 0 Å². The van der Waals surface area contributed by atoms with Gasteiger partial charge in [-0.05, 0) is 12.1 Å². The third-order valence-electron chi connectivity index (χ3n) is 3.79. The molecule has 0 radical (unpaired) electrons. The summed E-state index contributed by atoms with van der Waals surface area (Å²) in [6.07, 6.45) is 1.56. The lowest BCUT2D eigenvalue weighted by Gasteiger charge is -2.16. The zero-order chi connectivity index (χ0) is 16.4. The topological polar surface area (TPSA) is 103 Å². The van der Waals surface area contributed by atoms with Crippen LogP contribution in [0.3, 0.4) is 0 Å². The van der Waals surface area contributed by atoms with Crippen molar-refractivity contribution in [2.75, 3.05) is 20.3 Å². The number of rotatable bonds is 6. The number of methoxy groups -OCH3 is 1. The molecule has 0 spiro atoms. The fourth-order valence-corrected chi connectivity index (χ4v) is 2.63. The van der Waals surface area contributed by atoms with E-state index in [2.05, 4.69) is 10.3 Å². The van der Waals surface area contributed by atoms with E-state index < -0.39 is 0 Å². The fraction of sp³-hybridized carbons (Fsp3) is 0.333. The number of hydrogen-bond acceptors (Lipinski definition) is 6. The monoisotopic (exact) mass is 315 g/mol. The molecule has 8 heteroatoms. The Balaban J connectivity index is 1.72. The predicted molar refractivity (Wildman–Crippen MR) is 80.6 cm³/mol. The Kier molecular flexibility index (Phi) is 4.18. The number of nitrogens with zero attached hydrogens (tertiary/aromatic N) is 4. The zero-order valence-corrected chi connectivity index (χ0v) is 12.7. The van der Waals surface area contributed by atoms with Crippen LogP contribution in [0.4, 0.5) is 0 Å². The first-order valence-corrected chi connectivity index (χ1v) is 7.21. The van der Waals surface area contributed by atoms with E-state index in [-0.39, 0.29) is 24.4 Å². The molecule has 3 rings (SSSR count). The molecule has 0 unspecified atom stereocenters. The highest BCUT2D eigenvalue weighted by molar-refractivity contribution is 6.21. The second-order valence-electron chi connectivity index (χ2n) is 5.25. The predicted octanol–water partition coefficient (Wildman–Crippen LogP) is 0.221. The van der Waals surface area contributed by atoms with Crippen molar-refractivity contribution in [3.8, 4) is 0 Å². The Morgan fingerprint density at radius 1 is 1.17 bits per heavy atom. The fourth-order valence-electron chi connectivity index (χ4n) is 2.63. The molecule has 2 aromatic rings. The highest BCUT2D eigenvalue weighted by atomic mass is 16.5. The number of benzene rings is 1. The number of nitrogens with two attached hydrogens (primary N) is 1. The van der Waals surface area contributed by atoms with Gasteiger partial charge in [0, 0.05) is 13.7 Å². The molecule has 1 aliphatic rings. The molecular weight excluding hydrogens is 298 g/mol. The summed E-state index contributed by atoms with van der Waals surface area (Å²) >= 11 is 0. The molecule has 2 amide bonds. The Morgan fingerprint density at radius 3 is 2.43 bits per heavy atom. The molecule has 0 aliphatic carbocycles. The van der Waals surface area contributed by atoms with E-state index in [0.717, 1.165) is 0 Å². The van der Waals surface area contributed by atoms with Gasteiger partial charge in [-0.2, -0.15) is 0 Å². The van der Waals surface area contributed by atoms with Crippen LogP contribution in [-0.2, 0) is 11.3 Å². The van der Waals surface area contributed by atoms with Gasteiger partial charge in [0.05, 0.1) is 42.2 Å². The van der Waals surface area contributed by atoms with Crippen molar-refractivity contribution in [3.63, 3.8) is 0 Å². The van der Waals surface area contributed by atoms with E-state index in [1.807, 2.05) is 0 Å². The summed E-state index contributed by atoms with van der Waals surface area (Å²) in [6.45, 7) is 0.876. The zero-order valence-electron chi connectivity index (χ0n) is 12.7. The molecule has 1 aliphatic heterocycles. The van der Waals surface area contributed by atoms with Gasteiger partial charge in [0.25, 0.3) is 11.8 Å². The number of carbonyl (C=O) groups is 2. The summed E-state index contributed by atoms with van der Waals surface area (Å²) in [5.74, 6) is -0.568. The second kappa shape index (κ2) is 6.27. The lowest BCUT2D eigenvalue weighted by molar-refractivity contribution is 0.0646. The Hall–Kier alpha value is -2.58. The first-order valence-electron chi connectivity index (χ1n) is 7.21. The van der Waals surface area contributed by atoms with Crippen molar-refractivity contribution in [1.29, 1.82) is 0 Å². The van der Waals surface area contributed by atoms with Crippen molar-refractivity contribution >= 4 is 11.8 Å². The summed E-state index contributed by atoms with van der Waals surface area (Å²) in [6, 6.07) is 6.44. The van der Waals surface area contributed by atoms with Crippen molar-refractivity contribution < 1.29 is 14.3 Å². The summed E-state index contributed by atoms with van der Waals surface area (Å²) in [5.41, 5.74) is 7.56. The minimum atomic E-state index is -0.364. The van der Waals surface area contributed by atoms with Gasteiger partial charge in [-0.3, -0.25) is 14.5 Å². The molecule has 1 atom stereocenters. The van der Waals surface area contributed by atoms with Gasteiger partial charge < -0.3 is 10.5 Å². The van der Waals surface area contributed by atoms with Crippen LogP contribution in [0.15, 0.2) is 30.5 Å². The molecule has 2 N–H and O–H groups in total. The van der Waals surface area contributed by atoms with Crippen LogP contribution in [0.5, 0.6) is 0 Å². The Bertz CT molecular complexity index is 707. The molecular formula is C15H17N5O3. The van der Waals surface area contributed by atoms with Crippen LogP contribution in [0, 0.1) is 0 Å². The van der Waals surface area contributed by atoms with Crippen molar-refractivity contribution in [2.24, 2.45) is 5.73 Å². The number of hydrogen-bond donors (Lipinski definition) is 1. The average molecular weight is 315 g/mol. The first kappa shape index (κ1) is 15.3.